The Labute approximate surface area is 67.9 Å². The summed E-state index contributed by atoms with van der Waals surface area (Å²) in [5.41, 5.74) is 0. The van der Waals surface area contributed by atoms with Gasteiger partial charge in [-0.05, 0) is 12.3 Å². The largest absolute Gasteiger partial charge is 0.339 e. The van der Waals surface area contributed by atoms with Gasteiger partial charge in [-0.2, -0.15) is 0 Å². The summed E-state index contributed by atoms with van der Waals surface area (Å²) in [6.07, 6.45) is 5.09. The van der Waals surface area contributed by atoms with Crippen molar-refractivity contribution in [2.75, 3.05) is 6.54 Å². The number of hydrogen-bond acceptors (Lipinski definition) is 1. The molecule has 0 N–H and O–H groups in total. The Morgan fingerprint density at radius 1 is 1.73 bits per heavy atom. The number of likely N-dealkylation sites (tertiary alicyclic amines) is 1. The van der Waals surface area contributed by atoms with Crippen LogP contribution in [0.5, 0.6) is 0 Å². The second-order valence-corrected chi connectivity index (χ2v) is 3.03. The van der Waals surface area contributed by atoms with Crippen molar-refractivity contribution < 1.29 is 4.79 Å². The highest BCUT2D eigenvalue weighted by Crippen LogP contribution is 2.25. The van der Waals surface area contributed by atoms with E-state index < -0.39 is 0 Å². The summed E-state index contributed by atoms with van der Waals surface area (Å²) in [6.45, 7) is 6.80. The van der Waals surface area contributed by atoms with E-state index >= 15 is 0 Å². The minimum absolute atomic E-state index is 0.289. The molecule has 2 nitrogen and oxygen atoms in total. The molecule has 1 saturated heterocycles. The van der Waals surface area contributed by atoms with Gasteiger partial charge in [0.25, 0.3) is 0 Å². The van der Waals surface area contributed by atoms with Crippen molar-refractivity contribution in [3.63, 3.8) is 0 Å². The monoisotopic (exact) mass is 153 g/mol. The van der Waals surface area contributed by atoms with Crippen LogP contribution in [0.4, 0.5) is 0 Å². The Kier molecular flexibility index (Phi) is 2.69. The number of hydrogen-bond donors (Lipinski definition) is 0. The third-order valence-corrected chi connectivity index (χ3v) is 2.53. The van der Waals surface area contributed by atoms with Crippen LogP contribution >= 0.6 is 0 Å². The number of carbonyl (C=O) groups is 1. The Morgan fingerprint density at radius 2 is 2.45 bits per heavy atom. The standard InChI is InChI=1S/C9H15NO/c1-3-8-5-6-10(7-11)9(8)4-2/h4,7-9H,2-3,5-6H2,1H3. The van der Waals surface area contributed by atoms with Crippen LogP contribution in [0.15, 0.2) is 12.7 Å². The van der Waals surface area contributed by atoms with Gasteiger partial charge in [0.15, 0.2) is 0 Å². The molecule has 1 aliphatic rings. The molecule has 62 valence electrons. The van der Waals surface area contributed by atoms with Gasteiger partial charge in [-0.25, -0.2) is 0 Å². The zero-order valence-corrected chi connectivity index (χ0v) is 6.99. The summed E-state index contributed by atoms with van der Waals surface area (Å²) in [5, 5.41) is 0. The fourth-order valence-electron chi connectivity index (χ4n) is 1.80. The number of amides is 1. The molecule has 1 heterocycles. The molecular weight excluding hydrogens is 138 g/mol. The van der Waals surface area contributed by atoms with Gasteiger partial charge < -0.3 is 4.90 Å². The lowest BCUT2D eigenvalue weighted by molar-refractivity contribution is -0.118. The summed E-state index contributed by atoms with van der Waals surface area (Å²) in [5.74, 6) is 0.637. The second-order valence-electron chi connectivity index (χ2n) is 3.03. The SMILES string of the molecule is C=CC1C(CC)CCN1C=O. The highest BCUT2D eigenvalue weighted by atomic mass is 16.1. The zero-order valence-electron chi connectivity index (χ0n) is 6.99. The topological polar surface area (TPSA) is 20.3 Å². The van der Waals surface area contributed by atoms with Gasteiger partial charge in [-0.3, -0.25) is 4.79 Å². The van der Waals surface area contributed by atoms with Crippen molar-refractivity contribution >= 4 is 6.41 Å². The first-order valence-corrected chi connectivity index (χ1v) is 4.17. The lowest BCUT2D eigenvalue weighted by atomic mass is 9.98. The summed E-state index contributed by atoms with van der Waals surface area (Å²) >= 11 is 0. The molecule has 0 bridgehead atoms. The smallest absolute Gasteiger partial charge is 0.210 e. The molecule has 0 spiro atoms. The Bertz CT molecular complexity index is 156. The lowest BCUT2D eigenvalue weighted by Gasteiger charge is -2.20. The van der Waals surface area contributed by atoms with Gasteiger partial charge in [0.05, 0.1) is 6.04 Å². The second kappa shape index (κ2) is 3.56. The Balaban J connectivity index is 2.61. The van der Waals surface area contributed by atoms with Crippen LogP contribution in [0.2, 0.25) is 0 Å². The van der Waals surface area contributed by atoms with Crippen LogP contribution in [0, 0.1) is 5.92 Å². The first-order chi connectivity index (χ1) is 5.33. The van der Waals surface area contributed by atoms with Crippen molar-refractivity contribution in [1.29, 1.82) is 0 Å². The van der Waals surface area contributed by atoms with Gasteiger partial charge in [0, 0.05) is 6.54 Å². The third-order valence-electron chi connectivity index (χ3n) is 2.53. The number of rotatable bonds is 3. The molecule has 2 unspecified atom stereocenters. The molecule has 2 atom stereocenters. The molecule has 0 saturated carbocycles. The molecule has 1 rings (SSSR count). The predicted octanol–water partition coefficient (Wildman–Crippen LogP) is 1.43. The van der Waals surface area contributed by atoms with E-state index in [1.54, 1.807) is 0 Å². The number of carbonyl (C=O) groups excluding carboxylic acids is 1. The summed E-state index contributed by atoms with van der Waals surface area (Å²) in [6, 6.07) is 0.289. The molecule has 1 fully saturated rings. The zero-order chi connectivity index (χ0) is 8.27. The first kappa shape index (κ1) is 8.31. The molecule has 0 radical (unpaired) electrons. The molecule has 11 heavy (non-hydrogen) atoms. The van der Waals surface area contributed by atoms with Gasteiger partial charge in [0.2, 0.25) is 6.41 Å². The van der Waals surface area contributed by atoms with E-state index in [2.05, 4.69) is 13.5 Å². The van der Waals surface area contributed by atoms with E-state index in [1.807, 2.05) is 11.0 Å². The van der Waals surface area contributed by atoms with Crippen LogP contribution in [0.25, 0.3) is 0 Å². The summed E-state index contributed by atoms with van der Waals surface area (Å²) in [7, 11) is 0. The lowest BCUT2D eigenvalue weighted by Crippen LogP contribution is -2.29. The molecular formula is C9H15NO. The molecule has 0 aromatic carbocycles. The Morgan fingerprint density at radius 3 is 2.91 bits per heavy atom. The molecule has 0 aromatic rings. The predicted molar refractivity (Wildman–Crippen MR) is 45.2 cm³/mol. The average Bonchev–Trinajstić information content (AvgIpc) is 2.45. The maximum Gasteiger partial charge on any atom is 0.210 e. The van der Waals surface area contributed by atoms with E-state index in [1.165, 1.54) is 0 Å². The maximum absolute atomic E-state index is 10.5. The fraction of sp³-hybridized carbons (Fsp3) is 0.667. The minimum Gasteiger partial charge on any atom is -0.339 e. The summed E-state index contributed by atoms with van der Waals surface area (Å²) in [4.78, 5) is 12.4. The molecule has 2 heteroatoms. The van der Waals surface area contributed by atoms with Crippen LogP contribution in [0.3, 0.4) is 0 Å². The van der Waals surface area contributed by atoms with Crippen LogP contribution < -0.4 is 0 Å². The summed E-state index contributed by atoms with van der Waals surface area (Å²) < 4.78 is 0. The van der Waals surface area contributed by atoms with Crippen molar-refractivity contribution in [1.82, 2.24) is 4.90 Å². The van der Waals surface area contributed by atoms with Gasteiger partial charge in [0.1, 0.15) is 0 Å². The van der Waals surface area contributed by atoms with Crippen molar-refractivity contribution in [3.05, 3.63) is 12.7 Å². The fourth-order valence-corrected chi connectivity index (χ4v) is 1.80. The molecule has 0 aromatic heterocycles. The van der Waals surface area contributed by atoms with Crippen LogP contribution in [-0.2, 0) is 4.79 Å². The normalized spacial score (nSPS) is 30.5. The first-order valence-electron chi connectivity index (χ1n) is 4.17. The molecule has 0 aliphatic carbocycles. The van der Waals surface area contributed by atoms with Crippen LogP contribution in [-0.4, -0.2) is 23.9 Å². The quantitative estimate of drug-likeness (QED) is 0.443. The highest BCUT2D eigenvalue weighted by Gasteiger charge is 2.29. The van der Waals surface area contributed by atoms with Crippen molar-refractivity contribution in [2.24, 2.45) is 5.92 Å². The van der Waals surface area contributed by atoms with Gasteiger partial charge in [-0.1, -0.05) is 19.4 Å². The maximum atomic E-state index is 10.5. The van der Waals surface area contributed by atoms with E-state index in [9.17, 15) is 4.79 Å². The molecule has 1 aliphatic heterocycles. The van der Waals surface area contributed by atoms with E-state index in [0.29, 0.717) is 5.92 Å². The molecule has 1 amide bonds. The average molecular weight is 153 g/mol. The minimum atomic E-state index is 0.289. The van der Waals surface area contributed by atoms with Crippen LogP contribution in [0.1, 0.15) is 19.8 Å². The number of nitrogens with zero attached hydrogens (tertiary/aromatic N) is 1. The Hall–Kier alpha value is -0.790. The van der Waals surface area contributed by atoms with Gasteiger partial charge >= 0.3 is 0 Å². The third kappa shape index (κ3) is 1.44. The highest BCUT2D eigenvalue weighted by molar-refractivity contribution is 5.49. The van der Waals surface area contributed by atoms with Crippen molar-refractivity contribution in [2.45, 2.75) is 25.8 Å². The van der Waals surface area contributed by atoms with E-state index in [4.69, 9.17) is 0 Å². The van der Waals surface area contributed by atoms with E-state index in [0.717, 1.165) is 25.8 Å². The van der Waals surface area contributed by atoms with Crippen molar-refractivity contribution in [3.8, 4) is 0 Å². The van der Waals surface area contributed by atoms with E-state index in [-0.39, 0.29) is 6.04 Å². The van der Waals surface area contributed by atoms with Gasteiger partial charge in [-0.15, -0.1) is 6.58 Å².